The Morgan fingerprint density at radius 2 is 2.20 bits per heavy atom. The number of β-lactam (4-membered cyclic amide) rings is 1. The van der Waals surface area contributed by atoms with Crippen LogP contribution in [0.1, 0.15) is 6.92 Å². The van der Waals surface area contributed by atoms with Crippen LogP contribution in [0.3, 0.4) is 0 Å². The van der Waals surface area contributed by atoms with E-state index in [1.54, 1.807) is 0 Å². The van der Waals surface area contributed by atoms with Crippen LogP contribution in [0, 0.1) is 5.92 Å². The second kappa shape index (κ2) is 6.06. The summed E-state index contributed by atoms with van der Waals surface area (Å²) in [4.78, 5) is 35.0. The van der Waals surface area contributed by atoms with Crippen molar-refractivity contribution in [2.75, 3.05) is 18.9 Å². The lowest BCUT2D eigenvalue weighted by Gasteiger charge is -2.41. The number of fused-ring (bicyclic) bond motifs is 1. The number of hydrogen-bond acceptors (Lipinski definition) is 6. The monoisotopic (exact) mass is 318 g/mol. The second-order valence-electron chi connectivity index (χ2n) is 4.28. The van der Waals surface area contributed by atoms with Gasteiger partial charge in [-0.25, -0.2) is 4.79 Å². The number of carbonyl (C=O) groups excluding carboxylic acids is 2. The Morgan fingerprint density at radius 3 is 2.75 bits per heavy atom. The number of thioether (sulfide) groups is 2. The van der Waals surface area contributed by atoms with E-state index in [4.69, 9.17) is 5.11 Å². The van der Waals surface area contributed by atoms with Crippen LogP contribution in [0.4, 0.5) is 0 Å². The largest absolute Gasteiger partial charge is 0.477 e. The van der Waals surface area contributed by atoms with Crippen LogP contribution in [-0.2, 0) is 14.4 Å². The Kier molecular flexibility index (Phi) is 4.61. The third-order valence-electron chi connectivity index (χ3n) is 2.92. The number of carboxylic acid groups (broad SMARTS) is 1. The van der Waals surface area contributed by atoms with Crippen LogP contribution in [0.25, 0.3) is 0 Å². The van der Waals surface area contributed by atoms with E-state index in [1.807, 2.05) is 0 Å². The molecule has 0 saturated carbocycles. The molecule has 1 saturated heterocycles. The Labute approximate surface area is 123 Å². The fourth-order valence-corrected chi connectivity index (χ4v) is 4.72. The Morgan fingerprint density at radius 1 is 1.50 bits per heavy atom. The smallest absolute Gasteiger partial charge is 0.354 e. The zero-order chi connectivity index (χ0) is 14.9. The molecular formula is C11H14N2O5S2. The fourth-order valence-electron chi connectivity index (χ4n) is 1.99. The molecular weight excluding hydrogens is 304 g/mol. The number of carboxylic acids is 1. The number of nitrogens with zero attached hydrogens (tertiary/aromatic N) is 1. The highest BCUT2D eigenvalue weighted by molar-refractivity contribution is 8.22. The molecule has 1 fully saturated rings. The third-order valence-corrected chi connectivity index (χ3v) is 5.62. The molecule has 0 aromatic heterocycles. The third kappa shape index (κ3) is 2.65. The number of aliphatic hydroxyl groups excluding tert-OH is 1. The molecule has 0 radical (unpaired) electrons. The predicted molar refractivity (Wildman–Crippen MR) is 74.6 cm³/mol. The van der Waals surface area contributed by atoms with Crippen molar-refractivity contribution in [1.29, 1.82) is 0 Å². The molecule has 1 unspecified atom stereocenters. The number of nitrogens with one attached hydrogen (secondary N) is 1. The Bertz CT molecular complexity index is 493. The van der Waals surface area contributed by atoms with Gasteiger partial charge in [-0.05, 0) is 0 Å². The van der Waals surface area contributed by atoms with Gasteiger partial charge in [0, 0.05) is 19.2 Å². The first kappa shape index (κ1) is 15.2. The number of aliphatic hydroxyl groups is 1. The molecule has 0 aromatic carbocycles. The quantitative estimate of drug-likeness (QED) is 0.453. The summed E-state index contributed by atoms with van der Waals surface area (Å²) in [5, 5.41) is 20.6. The lowest BCUT2D eigenvalue weighted by molar-refractivity contribution is -0.153. The maximum absolute atomic E-state index is 11.7. The molecule has 2 heterocycles. The molecule has 9 heteroatoms. The molecule has 2 rings (SSSR count). The summed E-state index contributed by atoms with van der Waals surface area (Å²) in [7, 11) is 0. The molecule has 2 aliphatic heterocycles. The first-order valence-electron chi connectivity index (χ1n) is 5.92. The van der Waals surface area contributed by atoms with Gasteiger partial charge in [-0.3, -0.25) is 14.5 Å². The van der Waals surface area contributed by atoms with E-state index < -0.39 is 11.9 Å². The normalized spacial score (nSPS) is 24.5. The van der Waals surface area contributed by atoms with Crippen molar-refractivity contribution in [3.8, 4) is 0 Å². The lowest BCUT2D eigenvalue weighted by Crippen LogP contribution is -2.58. The van der Waals surface area contributed by atoms with Crippen LogP contribution in [0.2, 0.25) is 0 Å². The number of aliphatic carboxylic acids is 1. The van der Waals surface area contributed by atoms with E-state index in [1.165, 1.54) is 35.3 Å². The molecule has 110 valence electrons. The van der Waals surface area contributed by atoms with Crippen LogP contribution >= 0.6 is 23.5 Å². The Hall–Kier alpha value is -1.19. The summed E-state index contributed by atoms with van der Waals surface area (Å²) in [5.74, 6) is -1.64. The number of hydrogen-bond donors (Lipinski definition) is 3. The van der Waals surface area contributed by atoms with Crippen molar-refractivity contribution in [2.24, 2.45) is 5.92 Å². The van der Waals surface area contributed by atoms with Gasteiger partial charge >= 0.3 is 5.97 Å². The standard InChI is InChI=1S/C11H14N2O5S2/c1-5(15)12-2-3-19-11-7(10(17)18)13-8(16)6(4-14)9(13)20-11/h6,9,14H,2-4H2,1H3,(H,12,15)(H,17,18)/t6?,9-/m1/s1. The molecule has 3 N–H and O–H groups in total. The maximum Gasteiger partial charge on any atom is 0.354 e. The number of rotatable bonds is 6. The molecule has 20 heavy (non-hydrogen) atoms. The topological polar surface area (TPSA) is 107 Å². The SMILES string of the molecule is CC(=O)NCCSC1=C(C(=O)O)N2C(=O)C(CO)[C@H]2S1. The number of amides is 2. The van der Waals surface area contributed by atoms with E-state index >= 15 is 0 Å². The van der Waals surface area contributed by atoms with Gasteiger partial charge < -0.3 is 15.5 Å². The van der Waals surface area contributed by atoms with Crippen molar-refractivity contribution in [2.45, 2.75) is 12.3 Å². The van der Waals surface area contributed by atoms with Crippen LogP contribution < -0.4 is 5.32 Å². The van der Waals surface area contributed by atoms with Gasteiger partial charge in [0.25, 0.3) is 0 Å². The zero-order valence-electron chi connectivity index (χ0n) is 10.7. The van der Waals surface area contributed by atoms with Gasteiger partial charge in [-0.1, -0.05) is 11.8 Å². The van der Waals surface area contributed by atoms with E-state index in [0.717, 1.165) is 0 Å². The minimum absolute atomic E-state index is 0.0116. The highest BCUT2D eigenvalue weighted by Crippen LogP contribution is 2.52. The average Bonchev–Trinajstić information content (AvgIpc) is 2.70. The average molecular weight is 318 g/mol. The summed E-state index contributed by atoms with van der Waals surface area (Å²) in [5.41, 5.74) is -0.0116. The van der Waals surface area contributed by atoms with Crippen LogP contribution in [0.5, 0.6) is 0 Å². The van der Waals surface area contributed by atoms with E-state index in [9.17, 15) is 19.5 Å². The molecule has 2 aliphatic rings. The van der Waals surface area contributed by atoms with Gasteiger partial charge in [-0.15, -0.1) is 11.8 Å². The minimum atomic E-state index is -1.15. The van der Waals surface area contributed by atoms with Gasteiger partial charge in [-0.2, -0.15) is 0 Å². The van der Waals surface area contributed by atoms with E-state index in [-0.39, 0.29) is 29.5 Å². The Balaban J connectivity index is 2.02. The molecule has 0 aromatic rings. The van der Waals surface area contributed by atoms with Crippen molar-refractivity contribution >= 4 is 41.3 Å². The van der Waals surface area contributed by atoms with Gasteiger partial charge in [0.15, 0.2) is 5.70 Å². The summed E-state index contributed by atoms with van der Waals surface area (Å²) >= 11 is 2.58. The predicted octanol–water partition coefficient (Wildman–Crippen LogP) is -0.367. The molecule has 0 bridgehead atoms. The fraction of sp³-hybridized carbons (Fsp3) is 0.545. The van der Waals surface area contributed by atoms with Crippen molar-refractivity contribution in [3.63, 3.8) is 0 Å². The van der Waals surface area contributed by atoms with Gasteiger partial charge in [0.1, 0.15) is 5.37 Å². The van der Waals surface area contributed by atoms with Crippen molar-refractivity contribution in [1.82, 2.24) is 10.2 Å². The van der Waals surface area contributed by atoms with Gasteiger partial charge in [0.2, 0.25) is 11.8 Å². The summed E-state index contributed by atoms with van der Waals surface area (Å²) in [6, 6.07) is 0. The lowest BCUT2D eigenvalue weighted by atomic mass is 9.99. The van der Waals surface area contributed by atoms with E-state index in [2.05, 4.69) is 5.32 Å². The first-order chi connectivity index (χ1) is 9.47. The molecule has 2 amide bonds. The second-order valence-corrected chi connectivity index (χ2v) is 6.77. The summed E-state index contributed by atoms with van der Waals surface area (Å²) in [6.07, 6.45) is 0. The van der Waals surface area contributed by atoms with Crippen molar-refractivity contribution in [3.05, 3.63) is 9.93 Å². The minimum Gasteiger partial charge on any atom is -0.477 e. The number of carbonyl (C=O) groups is 3. The van der Waals surface area contributed by atoms with Crippen LogP contribution in [-0.4, -0.2) is 57.2 Å². The summed E-state index contributed by atoms with van der Waals surface area (Å²) < 4.78 is 0.553. The van der Waals surface area contributed by atoms with Crippen LogP contribution in [0.15, 0.2) is 9.93 Å². The van der Waals surface area contributed by atoms with Gasteiger partial charge in [0.05, 0.1) is 16.8 Å². The summed E-state index contributed by atoms with van der Waals surface area (Å²) in [6.45, 7) is 1.57. The first-order valence-corrected chi connectivity index (χ1v) is 7.79. The molecule has 2 atom stereocenters. The van der Waals surface area contributed by atoms with Crippen molar-refractivity contribution < 1.29 is 24.6 Å². The highest BCUT2D eigenvalue weighted by atomic mass is 32.2. The van der Waals surface area contributed by atoms with E-state index in [0.29, 0.717) is 16.5 Å². The highest BCUT2D eigenvalue weighted by Gasteiger charge is 2.55. The molecule has 7 nitrogen and oxygen atoms in total. The maximum atomic E-state index is 11.7. The molecule has 0 spiro atoms. The zero-order valence-corrected chi connectivity index (χ0v) is 12.3. The molecule has 0 aliphatic carbocycles.